The van der Waals surface area contributed by atoms with Gasteiger partial charge in [0.1, 0.15) is 0 Å². The average Bonchev–Trinajstić information content (AvgIpc) is 2.79. The number of nitrogens with one attached hydrogen (secondary N) is 1. The van der Waals surface area contributed by atoms with Gasteiger partial charge in [-0.05, 0) is 29.9 Å². The molecule has 5 nitrogen and oxygen atoms in total. The largest absolute Gasteiger partial charge is 0.478 e. The molecule has 0 aromatic heterocycles. The van der Waals surface area contributed by atoms with Crippen molar-refractivity contribution in [1.29, 1.82) is 0 Å². The van der Waals surface area contributed by atoms with Crippen LogP contribution in [0.4, 0.5) is 4.79 Å². The van der Waals surface area contributed by atoms with Crippen LogP contribution in [0.3, 0.4) is 0 Å². The molecule has 2 atom stereocenters. The number of likely N-dealkylation sites (tertiary alicyclic amines) is 1. The van der Waals surface area contributed by atoms with E-state index in [2.05, 4.69) is 19.2 Å². The molecule has 114 valence electrons. The zero-order chi connectivity index (χ0) is 15.4. The van der Waals surface area contributed by atoms with Gasteiger partial charge in [-0.3, -0.25) is 0 Å². The molecule has 0 spiro atoms. The van der Waals surface area contributed by atoms with Gasteiger partial charge in [0, 0.05) is 19.6 Å². The monoisotopic (exact) mass is 290 g/mol. The van der Waals surface area contributed by atoms with E-state index in [1.165, 1.54) is 0 Å². The number of amides is 2. The van der Waals surface area contributed by atoms with Crippen LogP contribution in [-0.4, -0.2) is 41.6 Å². The number of carboxylic acids is 1. The van der Waals surface area contributed by atoms with Gasteiger partial charge < -0.3 is 15.3 Å². The molecule has 1 aliphatic rings. The Kier molecular flexibility index (Phi) is 4.83. The van der Waals surface area contributed by atoms with Crippen molar-refractivity contribution in [2.24, 2.45) is 11.8 Å². The molecule has 1 aliphatic heterocycles. The highest BCUT2D eigenvalue weighted by molar-refractivity contribution is 5.89. The van der Waals surface area contributed by atoms with Gasteiger partial charge in [-0.2, -0.15) is 0 Å². The van der Waals surface area contributed by atoms with Gasteiger partial charge in [-0.25, -0.2) is 9.59 Å². The minimum absolute atomic E-state index is 0.0565. The third kappa shape index (κ3) is 3.74. The maximum atomic E-state index is 12.0. The van der Waals surface area contributed by atoms with E-state index < -0.39 is 5.97 Å². The predicted octanol–water partition coefficient (Wildman–Crippen LogP) is 2.22. The first kappa shape index (κ1) is 15.4. The van der Waals surface area contributed by atoms with Gasteiger partial charge in [0.25, 0.3) is 0 Å². The van der Waals surface area contributed by atoms with Crippen molar-refractivity contribution in [2.75, 3.05) is 19.6 Å². The molecule has 1 aromatic rings. The van der Waals surface area contributed by atoms with E-state index in [0.29, 0.717) is 30.4 Å². The molecule has 1 heterocycles. The highest BCUT2D eigenvalue weighted by Gasteiger charge is 2.29. The first-order chi connectivity index (χ1) is 9.99. The van der Waals surface area contributed by atoms with Crippen LogP contribution in [0.2, 0.25) is 0 Å². The summed E-state index contributed by atoms with van der Waals surface area (Å²) in [6, 6.07) is 6.84. The lowest BCUT2D eigenvalue weighted by Crippen LogP contribution is -2.39. The van der Waals surface area contributed by atoms with Crippen molar-refractivity contribution in [2.45, 2.75) is 20.3 Å². The summed E-state index contributed by atoms with van der Waals surface area (Å²) in [5.74, 6) is 0.131. The Balaban J connectivity index is 1.85. The standard InChI is InChI=1S/C16H22N2O3/c1-11-9-18(10-12(11)2)16(21)17-8-7-13-5-3-4-6-14(13)15(19)20/h3-6,11-12H,7-10H2,1-2H3,(H,17,21)(H,19,20). The maximum absolute atomic E-state index is 12.0. The van der Waals surface area contributed by atoms with Crippen LogP contribution >= 0.6 is 0 Å². The van der Waals surface area contributed by atoms with Crippen molar-refractivity contribution < 1.29 is 14.7 Å². The highest BCUT2D eigenvalue weighted by atomic mass is 16.4. The highest BCUT2D eigenvalue weighted by Crippen LogP contribution is 2.21. The number of carbonyl (C=O) groups excluding carboxylic acids is 1. The van der Waals surface area contributed by atoms with Crippen molar-refractivity contribution >= 4 is 12.0 Å². The zero-order valence-corrected chi connectivity index (χ0v) is 12.5. The summed E-state index contributed by atoms with van der Waals surface area (Å²) in [7, 11) is 0. The van der Waals surface area contributed by atoms with Gasteiger partial charge in [0.05, 0.1) is 5.56 Å². The molecule has 0 aliphatic carbocycles. The number of nitrogens with zero attached hydrogens (tertiary/aromatic N) is 1. The lowest BCUT2D eigenvalue weighted by molar-refractivity contribution is 0.0695. The van der Waals surface area contributed by atoms with Gasteiger partial charge in [-0.15, -0.1) is 0 Å². The lowest BCUT2D eigenvalue weighted by atomic mass is 10.0. The average molecular weight is 290 g/mol. The molecular formula is C16H22N2O3. The van der Waals surface area contributed by atoms with Crippen LogP contribution in [0.25, 0.3) is 0 Å². The normalized spacial score (nSPS) is 21.3. The summed E-state index contributed by atoms with van der Waals surface area (Å²) in [6.07, 6.45) is 0.521. The topological polar surface area (TPSA) is 69.6 Å². The first-order valence-corrected chi connectivity index (χ1v) is 7.33. The summed E-state index contributed by atoms with van der Waals surface area (Å²) in [5, 5.41) is 12.0. The number of urea groups is 1. The fourth-order valence-electron chi connectivity index (χ4n) is 2.66. The van der Waals surface area contributed by atoms with Crippen LogP contribution in [0.1, 0.15) is 29.8 Å². The van der Waals surface area contributed by atoms with Gasteiger partial charge in [0.2, 0.25) is 0 Å². The van der Waals surface area contributed by atoms with E-state index in [1.807, 2.05) is 11.0 Å². The van der Waals surface area contributed by atoms with Gasteiger partial charge in [0.15, 0.2) is 0 Å². The third-order valence-corrected chi connectivity index (χ3v) is 4.19. The quantitative estimate of drug-likeness (QED) is 0.893. The first-order valence-electron chi connectivity index (χ1n) is 7.33. The number of benzene rings is 1. The minimum Gasteiger partial charge on any atom is -0.478 e. The number of carboxylic acid groups (broad SMARTS) is 1. The van der Waals surface area contributed by atoms with Crippen molar-refractivity contribution in [3.05, 3.63) is 35.4 Å². The Morgan fingerprint density at radius 2 is 1.86 bits per heavy atom. The number of hydrogen-bond acceptors (Lipinski definition) is 2. The summed E-state index contributed by atoms with van der Waals surface area (Å²) in [4.78, 5) is 25.0. The van der Waals surface area contributed by atoms with E-state index in [-0.39, 0.29) is 6.03 Å². The lowest BCUT2D eigenvalue weighted by Gasteiger charge is -2.17. The molecule has 0 bridgehead atoms. The smallest absolute Gasteiger partial charge is 0.335 e. The van der Waals surface area contributed by atoms with Crippen molar-refractivity contribution in [3.63, 3.8) is 0 Å². The van der Waals surface area contributed by atoms with Crippen molar-refractivity contribution in [1.82, 2.24) is 10.2 Å². The molecule has 2 amide bonds. The molecule has 0 radical (unpaired) electrons. The van der Waals surface area contributed by atoms with Crippen LogP contribution in [-0.2, 0) is 6.42 Å². The van der Waals surface area contributed by atoms with Gasteiger partial charge in [-0.1, -0.05) is 32.0 Å². The summed E-state index contributed by atoms with van der Waals surface area (Å²) in [6.45, 7) is 6.34. The minimum atomic E-state index is -0.931. The second-order valence-electron chi connectivity index (χ2n) is 5.80. The summed E-state index contributed by atoms with van der Waals surface area (Å²) in [5.41, 5.74) is 1.05. The fraction of sp³-hybridized carbons (Fsp3) is 0.500. The fourth-order valence-corrected chi connectivity index (χ4v) is 2.66. The Labute approximate surface area is 125 Å². The number of hydrogen-bond donors (Lipinski definition) is 2. The zero-order valence-electron chi connectivity index (χ0n) is 12.5. The second-order valence-corrected chi connectivity index (χ2v) is 5.80. The Morgan fingerprint density at radius 3 is 2.48 bits per heavy atom. The molecule has 1 fully saturated rings. The molecule has 0 saturated carbocycles. The van der Waals surface area contributed by atoms with Crippen LogP contribution < -0.4 is 5.32 Å². The maximum Gasteiger partial charge on any atom is 0.335 e. The SMILES string of the molecule is CC1CN(C(=O)NCCc2ccccc2C(=O)O)CC1C. The number of carbonyl (C=O) groups is 2. The van der Waals surface area contributed by atoms with E-state index >= 15 is 0 Å². The van der Waals surface area contributed by atoms with Crippen molar-refractivity contribution in [3.8, 4) is 0 Å². The van der Waals surface area contributed by atoms with Gasteiger partial charge >= 0.3 is 12.0 Å². The molecule has 2 unspecified atom stereocenters. The summed E-state index contributed by atoms with van der Waals surface area (Å²) < 4.78 is 0. The number of aromatic carboxylic acids is 1. The second kappa shape index (κ2) is 6.61. The molecule has 2 rings (SSSR count). The van der Waals surface area contributed by atoms with Crippen LogP contribution in [0.15, 0.2) is 24.3 Å². The third-order valence-electron chi connectivity index (χ3n) is 4.19. The Morgan fingerprint density at radius 1 is 1.24 bits per heavy atom. The summed E-state index contributed by atoms with van der Waals surface area (Å²) >= 11 is 0. The molecule has 1 saturated heterocycles. The number of rotatable bonds is 4. The van der Waals surface area contributed by atoms with E-state index in [0.717, 1.165) is 18.7 Å². The molecule has 5 heteroatoms. The molecule has 21 heavy (non-hydrogen) atoms. The molecule has 2 N–H and O–H groups in total. The van der Waals surface area contributed by atoms with E-state index in [4.69, 9.17) is 5.11 Å². The Hall–Kier alpha value is -2.04. The molecule has 1 aromatic carbocycles. The predicted molar refractivity (Wildman–Crippen MR) is 80.4 cm³/mol. The van der Waals surface area contributed by atoms with E-state index in [9.17, 15) is 9.59 Å². The van der Waals surface area contributed by atoms with Crippen LogP contribution in [0, 0.1) is 11.8 Å². The Bertz CT molecular complexity index is 520. The molecular weight excluding hydrogens is 268 g/mol. The van der Waals surface area contributed by atoms with Crippen LogP contribution in [0.5, 0.6) is 0 Å². The van der Waals surface area contributed by atoms with E-state index in [1.54, 1.807) is 18.2 Å².